The number of nitrogens with two attached hydrogens (primary N) is 1. The van der Waals surface area contributed by atoms with E-state index < -0.39 is 22.5 Å². The van der Waals surface area contributed by atoms with Crippen LogP contribution in [-0.2, 0) is 24.3 Å². The summed E-state index contributed by atoms with van der Waals surface area (Å²) in [6, 6.07) is 5.72. The quantitative estimate of drug-likeness (QED) is 0.566. The maximum Gasteiger partial charge on any atom is 0.320 e. The lowest BCUT2D eigenvalue weighted by Crippen LogP contribution is -2.30. The molecule has 0 saturated heterocycles. The summed E-state index contributed by atoms with van der Waals surface area (Å²) in [4.78, 5) is 22.5. The molecule has 0 aliphatic rings. The molecule has 4 N–H and O–H groups in total. The van der Waals surface area contributed by atoms with Crippen LogP contribution in [0.25, 0.3) is 0 Å². The molecule has 1 aromatic carbocycles. The number of amides is 1. The van der Waals surface area contributed by atoms with Crippen LogP contribution in [0.4, 0.5) is 5.69 Å². The average Bonchev–Trinajstić information content (AvgIpc) is 2.51. The van der Waals surface area contributed by atoms with Crippen LogP contribution >= 0.6 is 12.4 Å². The lowest BCUT2D eigenvalue weighted by atomic mass is 10.2. The van der Waals surface area contributed by atoms with E-state index in [1.807, 2.05) is 0 Å². The largest absolute Gasteiger partial charge is 0.468 e. The third-order valence-electron chi connectivity index (χ3n) is 2.67. The van der Waals surface area contributed by atoms with Crippen molar-refractivity contribution in [1.29, 1.82) is 0 Å². The summed E-state index contributed by atoms with van der Waals surface area (Å²) in [5.41, 5.74) is 5.67. The smallest absolute Gasteiger partial charge is 0.320 e. The first-order chi connectivity index (χ1) is 10.4. The van der Waals surface area contributed by atoms with E-state index >= 15 is 0 Å². The molecule has 8 nitrogen and oxygen atoms in total. The van der Waals surface area contributed by atoms with Crippen molar-refractivity contribution >= 4 is 40.0 Å². The Balaban J connectivity index is 0.00000484. The SMILES string of the molecule is COC(=O)CNS(=O)(=O)c1cccc(NC(=O)CCCN)c1.Cl. The number of nitrogens with one attached hydrogen (secondary N) is 2. The molecule has 0 bridgehead atoms. The molecule has 130 valence electrons. The van der Waals surface area contributed by atoms with Crippen molar-refractivity contribution in [1.82, 2.24) is 4.72 Å². The zero-order valence-corrected chi connectivity index (χ0v) is 14.2. The van der Waals surface area contributed by atoms with Crippen molar-refractivity contribution in [3.05, 3.63) is 24.3 Å². The van der Waals surface area contributed by atoms with Gasteiger partial charge < -0.3 is 15.8 Å². The number of methoxy groups -OCH3 is 1. The zero-order valence-electron chi connectivity index (χ0n) is 12.6. The molecule has 0 saturated carbocycles. The highest BCUT2D eigenvalue weighted by molar-refractivity contribution is 7.89. The Bertz CT molecular complexity index is 636. The molecule has 0 aromatic heterocycles. The van der Waals surface area contributed by atoms with Gasteiger partial charge in [0.1, 0.15) is 6.54 Å². The van der Waals surface area contributed by atoms with E-state index in [-0.39, 0.29) is 29.6 Å². The first-order valence-electron chi connectivity index (χ1n) is 6.55. The van der Waals surface area contributed by atoms with E-state index in [0.29, 0.717) is 18.7 Å². The van der Waals surface area contributed by atoms with Crippen molar-refractivity contribution < 1.29 is 22.7 Å². The summed E-state index contributed by atoms with van der Waals surface area (Å²) in [5, 5.41) is 2.59. The first kappa shape index (κ1) is 21.3. The molecule has 1 aromatic rings. The number of benzene rings is 1. The number of hydrogen-bond acceptors (Lipinski definition) is 6. The molecule has 1 rings (SSSR count). The van der Waals surface area contributed by atoms with E-state index in [9.17, 15) is 18.0 Å². The Labute approximate surface area is 141 Å². The Morgan fingerprint density at radius 2 is 2.00 bits per heavy atom. The third kappa shape index (κ3) is 7.42. The van der Waals surface area contributed by atoms with Gasteiger partial charge in [-0.25, -0.2) is 8.42 Å². The van der Waals surface area contributed by atoms with Crippen molar-refractivity contribution in [2.24, 2.45) is 5.73 Å². The fraction of sp³-hybridized carbons (Fsp3) is 0.385. The molecule has 10 heteroatoms. The second-order valence-corrected chi connectivity index (χ2v) is 6.14. The van der Waals surface area contributed by atoms with E-state index in [0.717, 1.165) is 7.11 Å². The summed E-state index contributed by atoms with van der Waals surface area (Å²) in [7, 11) is -2.70. The highest BCUT2D eigenvalue weighted by Gasteiger charge is 2.16. The van der Waals surface area contributed by atoms with Gasteiger partial charge in [-0.1, -0.05) is 6.07 Å². The predicted octanol–water partition coefficient (Wildman–Crippen LogP) is 0.237. The summed E-state index contributed by atoms with van der Waals surface area (Å²) in [5.74, 6) is -0.947. The van der Waals surface area contributed by atoms with Gasteiger partial charge in [-0.3, -0.25) is 9.59 Å². The van der Waals surface area contributed by atoms with Crippen LogP contribution in [0.5, 0.6) is 0 Å². The summed E-state index contributed by atoms with van der Waals surface area (Å²) >= 11 is 0. The molecular formula is C13H20ClN3O5S. The Kier molecular flexibility index (Phi) is 9.42. The van der Waals surface area contributed by atoms with Gasteiger partial charge in [0, 0.05) is 12.1 Å². The molecule has 0 spiro atoms. The normalized spacial score (nSPS) is 10.5. The summed E-state index contributed by atoms with van der Waals surface area (Å²) in [6.45, 7) is -0.0643. The predicted molar refractivity (Wildman–Crippen MR) is 87.8 cm³/mol. The van der Waals surface area contributed by atoms with Gasteiger partial charge in [0.15, 0.2) is 0 Å². The number of halogens is 1. The van der Waals surface area contributed by atoms with Crippen molar-refractivity contribution in [2.45, 2.75) is 17.7 Å². The number of hydrogen-bond donors (Lipinski definition) is 3. The maximum absolute atomic E-state index is 12.0. The molecule has 0 aliphatic carbocycles. The summed E-state index contributed by atoms with van der Waals surface area (Å²) < 4.78 is 30.5. The maximum atomic E-state index is 12.0. The number of rotatable bonds is 8. The number of ether oxygens (including phenoxy) is 1. The fourth-order valence-electron chi connectivity index (χ4n) is 1.54. The number of carbonyl (C=O) groups excluding carboxylic acids is 2. The van der Waals surface area contributed by atoms with E-state index in [1.54, 1.807) is 6.07 Å². The molecule has 23 heavy (non-hydrogen) atoms. The molecule has 1 amide bonds. The number of carbonyl (C=O) groups is 2. The number of sulfonamides is 1. The van der Waals surface area contributed by atoms with E-state index in [2.05, 4.69) is 14.8 Å². The molecule has 0 atom stereocenters. The summed E-state index contributed by atoms with van der Waals surface area (Å²) in [6.07, 6.45) is 0.804. The lowest BCUT2D eigenvalue weighted by Gasteiger charge is -2.09. The Morgan fingerprint density at radius 1 is 1.30 bits per heavy atom. The molecule has 0 heterocycles. The van der Waals surface area contributed by atoms with Crippen LogP contribution in [0.15, 0.2) is 29.2 Å². The standard InChI is InChI=1S/C13H19N3O5S.ClH/c1-21-13(18)9-15-22(19,20)11-5-2-4-10(8-11)16-12(17)6-3-7-14;/h2,4-5,8,15H,3,6-7,9,14H2,1H3,(H,16,17);1H. The highest BCUT2D eigenvalue weighted by atomic mass is 35.5. The number of anilines is 1. The van der Waals surface area contributed by atoms with Crippen LogP contribution in [0.2, 0.25) is 0 Å². The monoisotopic (exact) mass is 365 g/mol. The van der Waals surface area contributed by atoms with Gasteiger partial charge in [-0.05, 0) is 31.2 Å². The van der Waals surface area contributed by atoms with Gasteiger partial charge in [0.25, 0.3) is 0 Å². The molecule has 0 fully saturated rings. The lowest BCUT2D eigenvalue weighted by molar-refractivity contribution is -0.139. The molecule has 0 unspecified atom stereocenters. The minimum atomic E-state index is -3.86. The van der Waals surface area contributed by atoms with Crippen molar-refractivity contribution in [3.63, 3.8) is 0 Å². The van der Waals surface area contributed by atoms with E-state index in [1.165, 1.54) is 18.2 Å². The van der Waals surface area contributed by atoms with Crippen molar-refractivity contribution in [2.75, 3.05) is 25.5 Å². The Morgan fingerprint density at radius 3 is 2.61 bits per heavy atom. The molecule has 0 radical (unpaired) electrons. The zero-order chi connectivity index (χ0) is 16.6. The van der Waals surface area contributed by atoms with Gasteiger partial charge in [0.2, 0.25) is 15.9 Å². The minimum absolute atomic E-state index is 0. The molecular weight excluding hydrogens is 346 g/mol. The van der Waals surface area contributed by atoms with Gasteiger partial charge in [-0.15, -0.1) is 12.4 Å². The average molecular weight is 366 g/mol. The van der Waals surface area contributed by atoms with Crippen molar-refractivity contribution in [3.8, 4) is 0 Å². The van der Waals surface area contributed by atoms with Gasteiger partial charge in [-0.2, -0.15) is 4.72 Å². The Hall–Kier alpha value is -1.68. The fourth-order valence-corrected chi connectivity index (χ4v) is 2.55. The molecule has 0 aliphatic heterocycles. The first-order valence-corrected chi connectivity index (χ1v) is 8.04. The second-order valence-electron chi connectivity index (χ2n) is 4.37. The third-order valence-corrected chi connectivity index (χ3v) is 4.07. The van der Waals surface area contributed by atoms with Crippen LogP contribution < -0.4 is 15.8 Å². The highest BCUT2D eigenvalue weighted by Crippen LogP contribution is 2.15. The number of esters is 1. The topological polar surface area (TPSA) is 128 Å². The van der Waals surface area contributed by atoms with Crippen LogP contribution in [-0.4, -0.2) is 40.5 Å². The van der Waals surface area contributed by atoms with Gasteiger partial charge in [0.05, 0.1) is 12.0 Å². The minimum Gasteiger partial charge on any atom is -0.468 e. The van der Waals surface area contributed by atoms with Crippen LogP contribution in [0.1, 0.15) is 12.8 Å². The van der Waals surface area contributed by atoms with Gasteiger partial charge >= 0.3 is 5.97 Å². The van der Waals surface area contributed by atoms with Crippen LogP contribution in [0.3, 0.4) is 0 Å². The van der Waals surface area contributed by atoms with Crippen LogP contribution in [0, 0.1) is 0 Å². The second kappa shape index (κ2) is 10.2. The van der Waals surface area contributed by atoms with E-state index in [4.69, 9.17) is 5.73 Å².